The van der Waals surface area contributed by atoms with E-state index in [-0.39, 0.29) is 12.2 Å². The van der Waals surface area contributed by atoms with Gasteiger partial charge in [-0.1, -0.05) is 36.9 Å². The van der Waals surface area contributed by atoms with Gasteiger partial charge in [0.2, 0.25) is 0 Å². The van der Waals surface area contributed by atoms with Gasteiger partial charge < -0.3 is 9.47 Å². The van der Waals surface area contributed by atoms with Crippen molar-refractivity contribution in [3.63, 3.8) is 0 Å². The molecule has 26 heavy (non-hydrogen) atoms. The maximum Gasteiger partial charge on any atom is 0.540 e. The summed E-state index contributed by atoms with van der Waals surface area (Å²) in [5, 5.41) is 0. The Labute approximate surface area is 152 Å². The lowest BCUT2D eigenvalue weighted by Gasteiger charge is -2.26. The van der Waals surface area contributed by atoms with E-state index in [9.17, 15) is 9.59 Å². The fourth-order valence-corrected chi connectivity index (χ4v) is 1.64. The molecule has 0 N–H and O–H groups in total. The van der Waals surface area contributed by atoms with Crippen molar-refractivity contribution in [3.8, 4) is 0 Å². The van der Waals surface area contributed by atoms with Crippen LogP contribution < -0.4 is 0 Å². The van der Waals surface area contributed by atoms with Crippen LogP contribution >= 0.6 is 0 Å². The van der Waals surface area contributed by atoms with Gasteiger partial charge in [0.15, 0.2) is 6.61 Å². The third-order valence-corrected chi connectivity index (χ3v) is 3.01. The zero-order valence-corrected chi connectivity index (χ0v) is 15.4. The second-order valence-corrected chi connectivity index (χ2v) is 5.72. The maximum absolute atomic E-state index is 11.7. The predicted molar refractivity (Wildman–Crippen MR) is 90.4 cm³/mol. The normalized spacial score (nSPS) is 12.2. The highest BCUT2D eigenvalue weighted by atomic mass is 17.3. The minimum Gasteiger partial charge on any atom is -0.433 e. The van der Waals surface area contributed by atoms with Crippen molar-refractivity contribution in [1.82, 2.24) is 0 Å². The van der Waals surface area contributed by atoms with E-state index < -0.39 is 30.6 Å². The molecule has 1 aromatic rings. The van der Waals surface area contributed by atoms with Crippen LogP contribution in [0.3, 0.4) is 0 Å². The van der Waals surface area contributed by atoms with Gasteiger partial charge in [-0.15, -0.1) is 0 Å². The molecule has 1 unspecified atom stereocenters. The summed E-state index contributed by atoms with van der Waals surface area (Å²) >= 11 is 0. The molecule has 0 amide bonds. The molecular formula is C18H24O8. The minimum absolute atomic E-state index is 0.126. The van der Waals surface area contributed by atoms with Gasteiger partial charge in [-0.3, -0.25) is 4.89 Å². The number of carbonyl (C=O) groups excluding carboxylic acids is 2. The second-order valence-electron chi connectivity index (χ2n) is 5.72. The van der Waals surface area contributed by atoms with Crippen LogP contribution in [-0.2, 0) is 39.4 Å². The van der Waals surface area contributed by atoms with E-state index in [4.69, 9.17) is 14.5 Å². The molecule has 0 aliphatic heterocycles. The van der Waals surface area contributed by atoms with Gasteiger partial charge in [-0.2, -0.15) is 9.78 Å². The van der Waals surface area contributed by atoms with E-state index in [0.717, 1.165) is 5.56 Å². The minimum atomic E-state index is -1.29. The van der Waals surface area contributed by atoms with E-state index >= 15 is 0 Å². The van der Waals surface area contributed by atoms with Crippen LogP contribution in [-0.4, -0.2) is 31.6 Å². The fraction of sp³-hybridized carbons (Fsp3) is 0.444. The van der Waals surface area contributed by atoms with E-state index in [0.29, 0.717) is 0 Å². The van der Waals surface area contributed by atoms with Crippen LogP contribution in [0.5, 0.6) is 0 Å². The maximum atomic E-state index is 11.7. The van der Waals surface area contributed by atoms with Crippen LogP contribution in [0.4, 0.5) is 4.79 Å². The van der Waals surface area contributed by atoms with Crippen LogP contribution in [0, 0.1) is 0 Å². The van der Waals surface area contributed by atoms with Crippen molar-refractivity contribution in [1.29, 1.82) is 0 Å². The Bertz CT molecular complexity index is 596. The van der Waals surface area contributed by atoms with E-state index in [1.165, 1.54) is 6.92 Å². The molecule has 0 radical (unpaired) electrons. The van der Waals surface area contributed by atoms with Crippen molar-refractivity contribution in [2.24, 2.45) is 0 Å². The molecule has 0 aliphatic carbocycles. The summed E-state index contributed by atoms with van der Waals surface area (Å²) in [6, 6.07) is 9.31. The van der Waals surface area contributed by atoms with Gasteiger partial charge in [-0.05, 0) is 33.3 Å². The Balaban J connectivity index is 2.64. The first-order chi connectivity index (χ1) is 12.3. The number of hydrogen-bond acceptors (Lipinski definition) is 8. The first-order valence-electron chi connectivity index (χ1n) is 7.99. The predicted octanol–water partition coefficient (Wildman–Crippen LogP) is 3.42. The molecule has 1 rings (SSSR count). The average molecular weight is 368 g/mol. The van der Waals surface area contributed by atoms with Gasteiger partial charge in [0.05, 0.1) is 6.61 Å². The molecule has 0 aromatic heterocycles. The van der Waals surface area contributed by atoms with Crippen LogP contribution in [0.1, 0.15) is 33.3 Å². The van der Waals surface area contributed by atoms with E-state index in [2.05, 4.69) is 21.1 Å². The standard InChI is InChI=1S/C18H24O8/c1-6-21-17(20)25-22-12-15(23-16(19)13(2)3)24-26-18(4,5)14-10-8-7-9-11-14/h7-11,15H,2,6,12H2,1,3-5H3. The first-order valence-corrected chi connectivity index (χ1v) is 7.99. The third kappa shape index (κ3) is 7.64. The number of hydrogen-bond donors (Lipinski definition) is 0. The van der Waals surface area contributed by atoms with Gasteiger partial charge in [0.1, 0.15) is 5.60 Å². The fourth-order valence-electron chi connectivity index (χ4n) is 1.64. The van der Waals surface area contributed by atoms with Gasteiger partial charge in [0, 0.05) is 5.57 Å². The molecule has 0 aliphatic rings. The van der Waals surface area contributed by atoms with Crippen LogP contribution in [0.25, 0.3) is 0 Å². The topological polar surface area (TPSA) is 89.5 Å². The summed E-state index contributed by atoms with van der Waals surface area (Å²) in [6.07, 6.45) is -2.32. The number of ether oxygens (including phenoxy) is 2. The van der Waals surface area contributed by atoms with Crippen molar-refractivity contribution in [3.05, 3.63) is 48.0 Å². The summed E-state index contributed by atoms with van der Waals surface area (Å²) in [5.74, 6) is -0.712. The van der Waals surface area contributed by atoms with Gasteiger partial charge >= 0.3 is 12.1 Å². The molecule has 0 bridgehead atoms. The Morgan fingerprint density at radius 3 is 2.42 bits per heavy atom. The second kappa shape index (κ2) is 10.5. The zero-order chi connectivity index (χ0) is 19.6. The first kappa shape index (κ1) is 21.6. The molecule has 8 heteroatoms. The largest absolute Gasteiger partial charge is 0.540 e. The lowest BCUT2D eigenvalue weighted by molar-refractivity contribution is -0.433. The van der Waals surface area contributed by atoms with Crippen LogP contribution in [0.15, 0.2) is 42.5 Å². The zero-order valence-electron chi connectivity index (χ0n) is 15.4. The molecular weight excluding hydrogens is 344 g/mol. The number of benzene rings is 1. The van der Waals surface area contributed by atoms with Gasteiger partial charge in [0.25, 0.3) is 6.29 Å². The summed E-state index contributed by atoms with van der Waals surface area (Å²) in [6.45, 7) is 9.81. The Morgan fingerprint density at radius 2 is 1.85 bits per heavy atom. The van der Waals surface area contributed by atoms with Crippen LogP contribution in [0.2, 0.25) is 0 Å². The molecule has 8 nitrogen and oxygen atoms in total. The molecule has 0 spiro atoms. The highest BCUT2D eigenvalue weighted by molar-refractivity contribution is 5.87. The summed E-state index contributed by atoms with van der Waals surface area (Å²) in [5.41, 5.74) is 0.165. The Kier molecular flexibility index (Phi) is 8.77. The molecule has 1 atom stereocenters. The summed E-state index contributed by atoms with van der Waals surface area (Å²) < 4.78 is 9.58. The van der Waals surface area contributed by atoms with Crippen molar-refractivity contribution >= 4 is 12.1 Å². The molecule has 1 aromatic carbocycles. The SMILES string of the molecule is C=C(C)C(=O)OC(COOC(=O)OCC)OOC(C)(C)c1ccccc1. The lowest BCUT2D eigenvalue weighted by atomic mass is 9.99. The molecule has 144 valence electrons. The molecule has 0 saturated carbocycles. The highest BCUT2D eigenvalue weighted by Gasteiger charge is 2.27. The monoisotopic (exact) mass is 368 g/mol. The smallest absolute Gasteiger partial charge is 0.433 e. The van der Waals surface area contributed by atoms with Crippen molar-refractivity contribution in [2.45, 2.75) is 39.6 Å². The molecule has 0 saturated heterocycles. The quantitative estimate of drug-likeness (QED) is 0.204. The average Bonchev–Trinajstić information content (AvgIpc) is 2.60. The van der Waals surface area contributed by atoms with Crippen molar-refractivity contribution in [2.75, 3.05) is 13.2 Å². The number of esters is 1. The highest BCUT2D eigenvalue weighted by Crippen LogP contribution is 2.25. The number of carbonyl (C=O) groups is 2. The van der Waals surface area contributed by atoms with E-state index in [1.807, 2.05) is 30.3 Å². The molecule has 0 heterocycles. The van der Waals surface area contributed by atoms with Crippen molar-refractivity contribution < 1.29 is 38.6 Å². The van der Waals surface area contributed by atoms with E-state index in [1.54, 1.807) is 20.8 Å². The lowest BCUT2D eigenvalue weighted by Crippen LogP contribution is -2.32. The Hall–Kier alpha value is -2.42. The molecule has 0 fully saturated rings. The summed E-state index contributed by atoms with van der Waals surface area (Å²) in [4.78, 5) is 42.4. The van der Waals surface area contributed by atoms with Gasteiger partial charge in [-0.25, -0.2) is 14.5 Å². The third-order valence-electron chi connectivity index (χ3n) is 3.01. The Morgan fingerprint density at radius 1 is 1.19 bits per heavy atom. The summed E-state index contributed by atoms with van der Waals surface area (Å²) in [7, 11) is 0. The number of rotatable bonds is 10.